The summed E-state index contributed by atoms with van der Waals surface area (Å²) in [4.78, 5) is 34.1. The predicted molar refractivity (Wildman–Crippen MR) is 146 cm³/mol. The average molecular weight is 492 g/mol. The molecule has 4 aromatic rings. The first-order valence-electron chi connectivity index (χ1n) is 12.6. The summed E-state index contributed by atoms with van der Waals surface area (Å²) in [6, 6.07) is 22.2. The smallest absolute Gasteiger partial charge is 0.328 e. The van der Waals surface area contributed by atoms with E-state index in [4.69, 9.17) is 5.11 Å². The molecule has 0 bridgehead atoms. The van der Waals surface area contributed by atoms with Gasteiger partial charge >= 0.3 is 5.97 Å². The molecule has 1 N–H and O–H groups in total. The first-order valence-corrected chi connectivity index (χ1v) is 12.6. The standard InChI is InChI=1S/C31H29N3O3/c35-22-34(27-6-4-5-23(19-27)9-14-30(36)37)31(15-2-1-3-16-31)21-24-7-10-25(11-8-24)26-12-13-28-29(20-26)33-18-17-32-28/h4-14,17-20,22H,1-3,15-16,21H2,(H,36,37)/b14-9+. The number of fused-ring (bicyclic) bond motifs is 1. The van der Waals surface area contributed by atoms with Crippen molar-refractivity contribution in [2.24, 2.45) is 0 Å². The van der Waals surface area contributed by atoms with Gasteiger partial charge in [-0.25, -0.2) is 4.79 Å². The third-order valence-electron chi connectivity index (χ3n) is 7.26. The van der Waals surface area contributed by atoms with Crippen LogP contribution in [0.3, 0.4) is 0 Å². The lowest BCUT2D eigenvalue weighted by Gasteiger charge is -2.45. The fourth-order valence-corrected chi connectivity index (χ4v) is 5.44. The van der Waals surface area contributed by atoms with E-state index in [2.05, 4.69) is 46.4 Å². The summed E-state index contributed by atoms with van der Waals surface area (Å²) >= 11 is 0. The minimum absolute atomic E-state index is 0.324. The van der Waals surface area contributed by atoms with Crippen LogP contribution in [0.25, 0.3) is 28.2 Å². The number of hydrogen-bond donors (Lipinski definition) is 1. The van der Waals surface area contributed by atoms with Crippen molar-refractivity contribution in [3.63, 3.8) is 0 Å². The van der Waals surface area contributed by atoms with Crippen LogP contribution in [0.2, 0.25) is 0 Å². The third-order valence-corrected chi connectivity index (χ3v) is 7.26. The topological polar surface area (TPSA) is 83.4 Å². The highest BCUT2D eigenvalue weighted by Crippen LogP contribution is 2.39. The summed E-state index contributed by atoms with van der Waals surface area (Å²) in [5.74, 6) is -0.999. The molecule has 1 aliphatic carbocycles. The number of aliphatic carboxylic acids is 1. The quantitative estimate of drug-likeness (QED) is 0.231. The zero-order chi connectivity index (χ0) is 25.7. The lowest BCUT2D eigenvalue weighted by Crippen LogP contribution is -2.51. The van der Waals surface area contributed by atoms with Crippen molar-refractivity contribution in [1.29, 1.82) is 0 Å². The van der Waals surface area contributed by atoms with Crippen molar-refractivity contribution in [2.45, 2.75) is 44.1 Å². The molecule has 37 heavy (non-hydrogen) atoms. The van der Waals surface area contributed by atoms with Gasteiger partial charge in [-0.1, -0.05) is 61.7 Å². The van der Waals surface area contributed by atoms with E-state index in [9.17, 15) is 9.59 Å². The van der Waals surface area contributed by atoms with Gasteiger partial charge in [0.15, 0.2) is 0 Å². The van der Waals surface area contributed by atoms with Crippen LogP contribution >= 0.6 is 0 Å². The molecule has 1 amide bonds. The molecule has 1 saturated carbocycles. The van der Waals surface area contributed by atoms with Gasteiger partial charge in [-0.15, -0.1) is 0 Å². The third kappa shape index (κ3) is 5.43. The molecule has 1 fully saturated rings. The number of benzene rings is 3. The van der Waals surface area contributed by atoms with Gasteiger partial charge in [-0.3, -0.25) is 14.8 Å². The lowest BCUT2D eigenvalue weighted by atomic mass is 9.76. The maximum Gasteiger partial charge on any atom is 0.328 e. The van der Waals surface area contributed by atoms with E-state index in [1.165, 1.54) is 12.0 Å². The molecule has 0 atom stereocenters. The fraction of sp³-hybridized carbons (Fsp3) is 0.226. The zero-order valence-electron chi connectivity index (χ0n) is 20.6. The monoisotopic (exact) mass is 491 g/mol. The van der Waals surface area contributed by atoms with Gasteiger partial charge in [-0.2, -0.15) is 0 Å². The van der Waals surface area contributed by atoms with Crippen molar-refractivity contribution < 1.29 is 14.7 Å². The normalized spacial score (nSPS) is 15.0. The number of nitrogens with zero attached hydrogens (tertiary/aromatic N) is 3. The Labute approximate surface area is 216 Å². The highest BCUT2D eigenvalue weighted by molar-refractivity contribution is 5.86. The molecule has 5 rings (SSSR count). The molecular formula is C31H29N3O3. The van der Waals surface area contributed by atoms with Crippen LogP contribution < -0.4 is 4.90 Å². The van der Waals surface area contributed by atoms with Gasteiger partial charge < -0.3 is 10.0 Å². The predicted octanol–water partition coefficient (Wildman–Crippen LogP) is 6.30. The van der Waals surface area contributed by atoms with Crippen molar-refractivity contribution >= 4 is 35.2 Å². The maximum atomic E-state index is 12.5. The number of hydrogen-bond acceptors (Lipinski definition) is 4. The average Bonchev–Trinajstić information content (AvgIpc) is 2.93. The summed E-state index contributed by atoms with van der Waals surface area (Å²) in [6.45, 7) is 0. The summed E-state index contributed by atoms with van der Waals surface area (Å²) in [6.07, 6.45) is 12.9. The first kappa shape index (κ1) is 24.4. The summed E-state index contributed by atoms with van der Waals surface area (Å²) in [7, 11) is 0. The van der Waals surface area contributed by atoms with Crippen molar-refractivity contribution in [2.75, 3.05) is 4.90 Å². The Morgan fingerprint density at radius 2 is 1.62 bits per heavy atom. The van der Waals surface area contributed by atoms with E-state index in [1.807, 2.05) is 35.2 Å². The van der Waals surface area contributed by atoms with Gasteiger partial charge in [0.1, 0.15) is 0 Å². The van der Waals surface area contributed by atoms with Crippen LogP contribution in [0.1, 0.15) is 43.2 Å². The van der Waals surface area contributed by atoms with Gasteiger partial charge in [-0.05, 0) is 71.9 Å². The van der Waals surface area contributed by atoms with Crippen molar-refractivity contribution in [3.8, 4) is 11.1 Å². The van der Waals surface area contributed by atoms with E-state index < -0.39 is 5.97 Å². The number of amides is 1. The Bertz CT molecular complexity index is 1440. The second kappa shape index (κ2) is 10.7. The molecule has 3 aromatic carbocycles. The molecule has 1 aromatic heterocycles. The molecule has 0 saturated heterocycles. The van der Waals surface area contributed by atoms with Gasteiger partial charge in [0, 0.05) is 24.2 Å². The molecule has 0 spiro atoms. The van der Waals surface area contributed by atoms with E-state index >= 15 is 0 Å². The van der Waals surface area contributed by atoms with Crippen LogP contribution in [0.4, 0.5) is 5.69 Å². The number of aromatic nitrogens is 2. The maximum absolute atomic E-state index is 12.5. The van der Waals surface area contributed by atoms with Crippen molar-refractivity contribution in [3.05, 3.63) is 96.3 Å². The largest absolute Gasteiger partial charge is 0.478 e. The number of carbonyl (C=O) groups is 2. The molecular weight excluding hydrogens is 462 g/mol. The van der Waals surface area contributed by atoms with Crippen LogP contribution in [-0.2, 0) is 16.0 Å². The summed E-state index contributed by atoms with van der Waals surface area (Å²) in [5.41, 5.74) is 6.34. The molecule has 1 aliphatic rings. The molecule has 6 nitrogen and oxygen atoms in total. The molecule has 6 heteroatoms. The zero-order valence-corrected chi connectivity index (χ0v) is 20.6. The Morgan fingerprint density at radius 1 is 0.892 bits per heavy atom. The van der Waals surface area contributed by atoms with Crippen LogP contribution in [0.15, 0.2) is 85.2 Å². The van der Waals surface area contributed by atoms with Crippen LogP contribution in [-0.4, -0.2) is 33.0 Å². The van der Waals surface area contributed by atoms with E-state index in [-0.39, 0.29) is 5.54 Å². The molecule has 0 radical (unpaired) electrons. The van der Waals surface area contributed by atoms with Crippen molar-refractivity contribution in [1.82, 2.24) is 9.97 Å². The first-order chi connectivity index (χ1) is 18.1. The molecule has 0 aliphatic heterocycles. The number of carboxylic acids is 1. The Kier molecular flexibility index (Phi) is 7.08. The Hall–Kier alpha value is -4.32. The highest BCUT2D eigenvalue weighted by atomic mass is 16.4. The molecule has 186 valence electrons. The number of carbonyl (C=O) groups excluding carboxylic acids is 1. The van der Waals surface area contributed by atoms with Gasteiger partial charge in [0.05, 0.1) is 16.6 Å². The summed E-state index contributed by atoms with van der Waals surface area (Å²) < 4.78 is 0. The Morgan fingerprint density at radius 3 is 2.35 bits per heavy atom. The number of rotatable bonds is 8. The molecule has 1 heterocycles. The summed E-state index contributed by atoms with van der Waals surface area (Å²) in [5, 5.41) is 8.99. The minimum atomic E-state index is -0.999. The number of carboxylic acid groups (broad SMARTS) is 1. The van der Waals surface area contributed by atoms with Crippen LogP contribution in [0.5, 0.6) is 0 Å². The SMILES string of the molecule is O=CN(c1cccc(/C=C/C(=O)O)c1)C1(Cc2ccc(-c3ccc4nccnc4c3)cc2)CCCCC1. The van der Waals surface area contributed by atoms with E-state index in [0.29, 0.717) is 0 Å². The number of anilines is 1. The van der Waals surface area contributed by atoms with E-state index in [1.54, 1.807) is 18.5 Å². The van der Waals surface area contributed by atoms with Gasteiger partial charge in [0.25, 0.3) is 0 Å². The van der Waals surface area contributed by atoms with Crippen LogP contribution in [0, 0.1) is 0 Å². The second-order valence-corrected chi connectivity index (χ2v) is 9.66. The van der Waals surface area contributed by atoms with Gasteiger partial charge in [0.2, 0.25) is 6.41 Å². The molecule has 0 unspecified atom stereocenters. The van der Waals surface area contributed by atoms with E-state index in [0.717, 1.165) is 78.0 Å². The second-order valence-electron chi connectivity index (χ2n) is 9.66. The lowest BCUT2D eigenvalue weighted by molar-refractivity contribution is -0.131. The highest BCUT2D eigenvalue weighted by Gasteiger charge is 2.38. The Balaban J connectivity index is 1.43. The fourth-order valence-electron chi connectivity index (χ4n) is 5.44. The minimum Gasteiger partial charge on any atom is -0.478 e.